The van der Waals surface area contributed by atoms with Gasteiger partial charge in [0.2, 0.25) is 0 Å². The number of hydrogen-bond donors (Lipinski definition) is 1. The Kier molecular flexibility index (Phi) is 3.72. The summed E-state index contributed by atoms with van der Waals surface area (Å²) in [4.78, 5) is 21.4. The topological polar surface area (TPSA) is 53.4 Å². The normalized spacial score (nSPS) is 23.8. The van der Waals surface area contributed by atoms with E-state index in [0.29, 0.717) is 35.0 Å². The number of aromatic nitrogens is 2. The summed E-state index contributed by atoms with van der Waals surface area (Å²) in [5.41, 5.74) is 1.43. The van der Waals surface area contributed by atoms with Gasteiger partial charge in [-0.1, -0.05) is 0 Å². The molecule has 0 saturated carbocycles. The van der Waals surface area contributed by atoms with Crippen LogP contribution >= 0.6 is 0 Å². The Hall–Kier alpha value is -2.15. The van der Waals surface area contributed by atoms with Gasteiger partial charge < -0.3 is 10.2 Å². The molecule has 2 aliphatic heterocycles. The predicted octanol–water partition coefficient (Wildman–Crippen LogP) is 1.71. The monoisotopic (exact) mass is 345 g/mol. The van der Waals surface area contributed by atoms with Crippen LogP contribution in [0, 0.1) is 12.7 Å². The van der Waals surface area contributed by atoms with Gasteiger partial charge in [-0.25, -0.2) is 9.18 Å². The van der Waals surface area contributed by atoms with E-state index in [9.17, 15) is 9.18 Å². The first kappa shape index (κ1) is 16.3. The molecule has 4 rings (SSSR count). The highest BCUT2D eigenvalue weighted by Gasteiger charge is 2.34. The van der Waals surface area contributed by atoms with Gasteiger partial charge in [0.25, 0.3) is 0 Å². The summed E-state index contributed by atoms with van der Waals surface area (Å²) in [6, 6.07) is 2.36. The summed E-state index contributed by atoms with van der Waals surface area (Å²) >= 11 is 0. The zero-order chi connectivity index (χ0) is 17.9. The Labute approximate surface area is 146 Å². The lowest BCUT2D eigenvalue weighted by Gasteiger charge is -2.45. The van der Waals surface area contributed by atoms with Crippen molar-refractivity contribution < 1.29 is 4.39 Å². The van der Waals surface area contributed by atoms with Crippen molar-refractivity contribution >= 4 is 22.4 Å². The molecule has 2 unspecified atom stereocenters. The van der Waals surface area contributed by atoms with E-state index in [4.69, 9.17) is 0 Å². The standard InChI is InChI=1S/C18H24FN5O/c1-10-7-13-14-16(15(10)19)20-6-5-12-9-22(3)11(2)8-24(12)17(14)21-18(25)23(13)4/h7,11-12,20H,5-6,8-9H2,1-4H3. The fourth-order valence-corrected chi connectivity index (χ4v) is 4.02. The molecule has 0 radical (unpaired) electrons. The molecule has 1 fully saturated rings. The number of fused-ring (bicyclic) bond motifs is 2. The van der Waals surface area contributed by atoms with Crippen LogP contribution in [0.1, 0.15) is 18.9 Å². The Morgan fingerprint density at radius 2 is 2.08 bits per heavy atom. The van der Waals surface area contributed by atoms with E-state index in [1.807, 2.05) is 0 Å². The van der Waals surface area contributed by atoms with Gasteiger partial charge in [-0.15, -0.1) is 0 Å². The number of anilines is 2. The van der Waals surface area contributed by atoms with Gasteiger partial charge in [0.1, 0.15) is 11.6 Å². The Bertz CT molecular complexity index is 909. The lowest BCUT2D eigenvalue weighted by Crippen LogP contribution is -2.57. The number of aryl methyl sites for hydroxylation is 2. The van der Waals surface area contributed by atoms with E-state index in [1.165, 1.54) is 4.57 Å². The number of nitrogens with zero attached hydrogens (tertiary/aromatic N) is 4. The van der Waals surface area contributed by atoms with Gasteiger partial charge in [0.05, 0.1) is 16.6 Å². The molecule has 0 aliphatic carbocycles. The largest absolute Gasteiger partial charge is 0.382 e. The first-order valence-electron chi connectivity index (χ1n) is 8.79. The molecule has 1 saturated heterocycles. The number of likely N-dealkylation sites (N-methyl/N-ethyl adjacent to an activating group) is 1. The first-order valence-corrected chi connectivity index (χ1v) is 8.79. The lowest BCUT2D eigenvalue weighted by molar-refractivity contribution is 0.196. The van der Waals surface area contributed by atoms with Crippen molar-refractivity contribution in [2.75, 3.05) is 36.9 Å². The number of hydrogen-bond acceptors (Lipinski definition) is 5. The van der Waals surface area contributed by atoms with Crippen molar-refractivity contribution in [3.05, 3.63) is 27.9 Å². The van der Waals surface area contributed by atoms with Gasteiger partial charge in [-0.05, 0) is 38.9 Å². The summed E-state index contributed by atoms with van der Waals surface area (Å²) < 4.78 is 16.4. The molecule has 2 aromatic rings. The van der Waals surface area contributed by atoms with Gasteiger partial charge >= 0.3 is 5.69 Å². The van der Waals surface area contributed by atoms with Crippen molar-refractivity contribution in [3.8, 4) is 0 Å². The second-order valence-electron chi connectivity index (χ2n) is 7.36. The van der Waals surface area contributed by atoms with Crippen LogP contribution in [0.3, 0.4) is 0 Å². The van der Waals surface area contributed by atoms with Gasteiger partial charge in [0.15, 0.2) is 0 Å². The van der Waals surface area contributed by atoms with Crippen molar-refractivity contribution in [3.63, 3.8) is 0 Å². The summed E-state index contributed by atoms with van der Waals surface area (Å²) in [6.45, 7) is 6.29. The molecular formula is C18H24FN5O. The van der Waals surface area contributed by atoms with Crippen LogP contribution < -0.4 is 15.9 Å². The second kappa shape index (κ2) is 5.69. The van der Waals surface area contributed by atoms with Crippen molar-refractivity contribution in [2.45, 2.75) is 32.4 Å². The molecule has 2 atom stereocenters. The highest BCUT2D eigenvalue weighted by molar-refractivity contribution is 6.01. The maximum Gasteiger partial charge on any atom is 0.349 e. The van der Waals surface area contributed by atoms with Gasteiger partial charge in [-0.3, -0.25) is 9.47 Å². The van der Waals surface area contributed by atoms with Crippen LogP contribution in [0.5, 0.6) is 0 Å². The Morgan fingerprint density at radius 1 is 1.32 bits per heavy atom. The fourth-order valence-electron chi connectivity index (χ4n) is 4.02. The van der Waals surface area contributed by atoms with E-state index in [-0.39, 0.29) is 17.5 Å². The Balaban J connectivity index is 2.05. The number of benzene rings is 1. The highest BCUT2D eigenvalue weighted by Crippen LogP contribution is 2.37. The van der Waals surface area contributed by atoms with Crippen LogP contribution in [-0.2, 0) is 7.05 Å². The third kappa shape index (κ3) is 2.40. The van der Waals surface area contributed by atoms with Gasteiger partial charge in [-0.2, -0.15) is 4.98 Å². The molecule has 2 aliphatic rings. The molecule has 25 heavy (non-hydrogen) atoms. The third-order valence-electron chi connectivity index (χ3n) is 5.70. The van der Waals surface area contributed by atoms with Crippen LogP contribution in [-0.4, -0.2) is 53.2 Å². The molecule has 0 bridgehead atoms. The van der Waals surface area contributed by atoms with E-state index in [2.05, 4.69) is 34.1 Å². The molecule has 3 heterocycles. The van der Waals surface area contributed by atoms with Crippen molar-refractivity contribution in [2.24, 2.45) is 7.05 Å². The zero-order valence-corrected chi connectivity index (χ0v) is 15.1. The van der Waals surface area contributed by atoms with Crippen molar-refractivity contribution in [1.82, 2.24) is 14.5 Å². The van der Waals surface area contributed by atoms with Crippen molar-refractivity contribution in [1.29, 1.82) is 0 Å². The molecule has 134 valence electrons. The third-order valence-corrected chi connectivity index (χ3v) is 5.70. The number of halogens is 1. The summed E-state index contributed by atoms with van der Waals surface area (Å²) in [6.07, 6.45) is 0.877. The average molecular weight is 345 g/mol. The molecule has 1 aromatic heterocycles. The maximum atomic E-state index is 14.8. The molecule has 0 spiro atoms. The maximum absolute atomic E-state index is 14.8. The molecule has 7 heteroatoms. The quantitative estimate of drug-likeness (QED) is 0.788. The molecule has 1 aromatic carbocycles. The van der Waals surface area contributed by atoms with Crippen LogP contribution in [0.4, 0.5) is 15.9 Å². The molecular weight excluding hydrogens is 321 g/mol. The zero-order valence-electron chi connectivity index (χ0n) is 15.1. The first-order chi connectivity index (χ1) is 11.9. The lowest BCUT2D eigenvalue weighted by atomic mass is 10.0. The number of rotatable bonds is 0. The second-order valence-corrected chi connectivity index (χ2v) is 7.36. The minimum Gasteiger partial charge on any atom is -0.382 e. The highest BCUT2D eigenvalue weighted by atomic mass is 19.1. The van der Waals surface area contributed by atoms with E-state index in [0.717, 1.165) is 25.0 Å². The molecule has 0 amide bonds. The minimum absolute atomic E-state index is 0.255. The summed E-state index contributed by atoms with van der Waals surface area (Å²) in [7, 11) is 3.82. The Morgan fingerprint density at radius 3 is 2.84 bits per heavy atom. The van der Waals surface area contributed by atoms with Gasteiger partial charge in [0, 0.05) is 38.8 Å². The molecule has 6 nitrogen and oxygen atoms in total. The van der Waals surface area contributed by atoms with E-state index >= 15 is 0 Å². The van der Waals surface area contributed by atoms with E-state index < -0.39 is 0 Å². The number of nitrogens with one attached hydrogen (secondary N) is 1. The smallest absolute Gasteiger partial charge is 0.349 e. The predicted molar refractivity (Wildman–Crippen MR) is 98.0 cm³/mol. The SMILES string of the molecule is Cc1cc2c3c(nc(=O)n2C)N2CC(C)N(C)CC2CCNc3c1F. The average Bonchev–Trinajstić information content (AvgIpc) is 2.56. The van der Waals surface area contributed by atoms with Crippen LogP contribution in [0.15, 0.2) is 10.9 Å². The number of piperazine rings is 1. The fraction of sp³-hybridized carbons (Fsp3) is 0.556. The minimum atomic E-state index is -0.301. The summed E-state index contributed by atoms with van der Waals surface area (Å²) in [5, 5.41) is 3.98. The summed E-state index contributed by atoms with van der Waals surface area (Å²) in [5.74, 6) is 0.360. The van der Waals surface area contributed by atoms with E-state index in [1.54, 1.807) is 20.0 Å². The molecule has 1 N–H and O–H groups in total. The van der Waals surface area contributed by atoms with Crippen LogP contribution in [0.25, 0.3) is 10.9 Å². The van der Waals surface area contributed by atoms with Crippen LogP contribution in [0.2, 0.25) is 0 Å².